The van der Waals surface area contributed by atoms with Crippen LogP contribution in [0.2, 0.25) is 0 Å². The number of aliphatic carboxylic acids is 1. The summed E-state index contributed by atoms with van der Waals surface area (Å²) in [6.45, 7) is 2.01. The molecule has 7 heteroatoms. The van der Waals surface area contributed by atoms with Crippen LogP contribution in [0.5, 0.6) is 0 Å². The molecular weight excluding hydrogens is 304 g/mol. The highest BCUT2D eigenvalue weighted by atomic mass is 32.1. The van der Waals surface area contributed by atoms with Crippen molar-refractivity contribution in [3.63, 3.8) is 0 Å². The number of thiophene rings is 1. The van der Waals surface area contributed by atoms with E-state index in [1.165, 1.54) is 7.11 Å². The standard InChI is InChI=1S/C15H18N2O4S/c1-20-10-15(14(18)19)4-5-17(9-15)8-11-7-12(21-16-11)13-3-2-6-22-13/h2-3,6-7H,4-5,8-10H2,1H3,(H,18,19). The maximum absolute atomic E-state index is 11.5. The van der Waals surface area contributed by atoms with Crippen molar-refractivity contribution in [3.05, 3.63) is 29.3 Å². The molecule has 3 rings (SSSR count). The number of methoxy groups -OCH3 is 1. The van der Waals surface area contributed by atoms with Gasteiger partial charge in [0.2, 0.25) is 0 Å². The second kappa shape index (κ2) is 6.20. The van der Waals surface area contributed by atoms with Gasteiger partial charge in [0.1, 0.15) is 5.41 Å². The predicted molar refractivity (Wildman–Crippen MR) is 81.7 cm³/mol. The van der Waals surface area contributed by atoms with Gasteiger partial charge < -0.3 is 14.4 Å². The second-order valence-electron chi connectivity index (χ2n) is 5.64. The molecular formula is C15H18N2O4S. The van der Waals surface area contributed by atoms with Gasteiger partial charge in [0.05, 0.1) is 17.2 Å². The average molecular weight is 322 g/mol. The van der Waals surface area contributed by atoms with Crippen molar-refractivity contribution < 1.29 is 19.2 Å². The number of carboxylic acids is 1. The Morgan fingerprint density at radius 1 is 1.64 bits per heavy atom. The first-order valence-electron chi connectivity index (χ1n) is 7.07. The Bertz CT molecular complexity index is 640. The fourth-order valence-electron chi connectivity index (χ4n) is 2.87. The number of rotatable bonds is 6. The minimum atomic E-state index is -0.810. The second-order valence-corrected chi connectivity index (χ2v) is 6.59. The van der Waals surface area contributed by atoms with Crippen molar-refractivity contribution >= 4 is 17.3 Å². The smallest absolute Gasteiger partial charge is 0.313 e. The van der Waals surface area contributed by atoms with Crippen molar-refractivity contribution in [1.29, 1.82) is 0 Å². The van der Waals surface area contributed by atoms with E-state index >= 15 is 0 Å². The number of ether oxygens (including phenoxy) is 1. The van der Waals surface area contributed by atoms with E-state index in [-0.39, 0.29) is 6.61 Å². The van der Waals surface area contributed by atoms with Gasteiger partial charge in [-0.3, -0.25) is 9.69 Å². The van der Waals surface area contributed by atoms with Crippen LogP contribution in [0.25, 0.3) is 10.6 Å². The van der Waals surface area contributed by atoms with Gasteiger partial charge in [0.25, 0.3) is 0 Å². The van der Waals surface area contributed by atoms with Crippen LogP contribution in [-0.2, 0) is 16.1 Å². The summed E-state index contributed by atoms with van der Waals surface area (Å²) < 4.78 is 10.5. The Kier molecular flexibility index (Phi) is 4.28. The van der Waals surface area contributed by atoms with Gasteiger partial charge >= 0.3 is 5.97 Å². The molecule has 1 fully saturated rings. The van der Waals surface area contributed by atoms with Crippen LogP contribution in [0.15, 0.2) is 28.1 Å². The molecule has 1 aliphatic rings. The quantitative estimate of drug-likeness (QED) is 0.879. The summed E-state index contributed by atoms with van der Waals surface area (Å²) in [4.78, 5) is 14.7. The number of carbonyl (C=O) groups is 1. The van der Waals surface area contributed by atoms with Gasteiger partial charge in [-0.2, -0.15) is 0 Å². The molecule has 3 heterocycles. The monoisotopic (exact) mass is 322 g/mol. The van der Waals surface area contributed by atoms with E-state index in [0.29, 0.717) is 19.5 Å². The average Bonchev–Trinajstić information content (AvgIpc) is 3.19. The number of likely N-dealkylation sites (tertiary alicyclic amines) is 1. The Labute approximate surface area is 132 Å². The molecule has 2 aromatic rings. The molecule has 22 heavy (non-hydrogen) atoms. The zero-order valence-electron chi connectivity index (χ0n) is 12.3. The van der Waals surface area contributed by atoms with E-state index in [0.717, 1.165) is 22.9 Å². The lowest BCUT2D eigenvalue weighted by atomic mass is 9.88. The number of carboxylic acid groups (broad SMARTS) is 1. The zero-order chi connectivity index (χ0) is 15.6. The molecule has 1 aliphatic heterocycles. The number of aromatic nitrogens is 1. The predicted octanol–water partition coefficient (Wildman–Crippen LogP) is 2.33. The lowest BCUT2D eigenvalue weighted by Gasteiger charge is -2.23. The van der Waals surface area contributed by atoms with E-state index in [9.17, 15) is 9.90 Å². The fraction of sp³-hybridized carbons (Fsp3) is 0.467. The number of hydrogen-bond acceptors (Lipinski definition) is 6. The van der Waals surface area contributed by atoms with Gasteiger partial charge in [-0.25, -0.2) is 0 Å². The maximum Gasteiger partial charge on any atom is 0.313 e. The van der Waals surface area contributed by atoms with Crippen LogP contribution in [-0.4, -0.2) is 47.9 Å². The highest BCUT2D eigenvalue weighted by molar-refractivity contribution is 7.13. The van der Waals surface area contributed by atoms with Gasteiger partial charge in [-0.05, 0) is 24.4 Å². The molecule has 1 unspecified atom stereocenters. The van der Waals surface area contributed by atoms with Crippen LogP contribution >= 0.6 is 11.3 Å². The highest BCUT2D eigenvalue weighted by Gasteiger charge is 2.45. The van der Waals surface area contributed by atoms with E-state index in [1.807, 2.05) is 23.6 Å². The van der Waals surface area contributed by atoms with Crippen LogP contribution in [0.4, 0.5) is 0 Å². The van der Waals surface area contributed by atoms with Crippen molar-refractivity contribution in [3.8, 4) is 10.6 Å². The summed E-state index contributed by atoms with van der Waals surface area (Å²) in [5.74, 6) is -0.0399. The molecule has 0 amide bonds. The van der Waals surface area contributed by atoms with Gasteiger partial charge in [0.15, 0.2) is 5.76 Å². The lowest BCUT2D eigenvalue weighted by molar-refractivity contribution is -0.151. The summed E-state index contributed by atoms with van der Waals surface area (Å²) in [6, 6.07) is 5.87. The molecule has 1 N–H and O–H groups in total. The number of nitrogens with zero attached hydrogens (tertiary/aromatic N) is 2. The zero-order valence-corrected chi connectivity index (χ0v) is 13.1. The molecule has 0 saturated carbocycles. The first-order chi connectivity index (χ1) is 10.6. The molecule has 2 aromatic heterocycles. The van der Waals surface area contributed by atoms with E-state index in [2.05, 4.69) is 10.1 Å². The third-order valence-electron chi connectivity index (χ3n) is 4.02. The van der Waals surface area contributed by atoms with E-state index < -0.39 is 11.4 Å². The molecule has 0 aliphatic carbocycles. The normalized spacial score (nSPS) is 22.2. The van der Waals surface area contributed by atoms with Crippen LogP contribution in [0.1, 0.15) is 12.1 Å². The highest BCUT2D eigenvalue weighted by Crippen LogP contribution is 2.32. The van der Waals surface area contributed by atoms with E-state index in [4.69, 9.17) is 9.26 Å². The Morgan fingerprint density at radius 3 is 3.18 bits per heavy atom. The largest absolute Gasteiger partial charge is 0.481 e. The first kappa shape index (κ1) is 15.2. The Morgan fingerprint density at radius 2 is 2.50 bits per heavy atom. The first-order valence-corrected chi connectivity index (χ1v) is 7.95. The lowest BCUT2D eigenvalue weighted by Crippen LogP contribution is -2.38. The summed E-state index contributed by atoms with van der Waals surface area (Å²) in [5, 5.41) is 15.5. The Balaban J connectivity index is 1.66. The molecule has 0 radical (unpaired) electrons. The molecule has 0 spiro atoms. The molecule has 118 valence electrons. The Hall–Kier alpha value is -1.70. The van der Waals surface area contributed by atoms with Gasteiger partial charge in [0, 0.05) is 26.3 Å². The topological polar surface area (TPSA) is 75.8 Å². The summed E-state index contributed by atoms with van der Waals surface area (Å²) in [7, 11) is 1.54. The van der Waals surface area contributed by atoms with Crippen molar-refractivity contribution in [1.82, 2.24) is 10.1 Å². The third-order valence-corrected chi connectivity index (χ3v) is 4.90. The van der Waals surface area contributed by atoms with Gasteiger partial charge in [-0.1, -0.05) is 11.2 Å². The molecule has 0 bridgehead atoms. The summed E-state index contributed by atoms with van der Waals surface area (Å²) >= 11 is 1.60. The summed E-state index contributed by atoms with van der Waals surface area (Å²) in [5.41, 5.74) is 0.0109. The molecule has 1 atom stereocenters. The van der Waals surface area contributed by atoms with Crippen LogP contribution in [0.3, 0.4) is 0 Å². The fourth-order valence-corrected chi connectivity index (χ4v) is 3.55. The summed E-state index contributed by atoms with van der Waals surface area (Å²) in [6.07, 6.45) is 0.589. The minimum Gasteiger partial charge on any atom is -0.481 e. The third kappa shape index (κ3) is 2.92. The molecule has 1 saturated heterocycles. The minimum absolute atomic E-state index is 0.234. The molecule has 0 aromatic carbocycles. The van der Waals surface area contributed by atoms with Crippen LogP contribution in [0, 0.1) is 5.41 Å². The van der Waals surface area contributed by atoms with Gasteiger partial charge in [-0.15, -0.1) is 11.3 Å². The maximum atomic E-state index is 11.5. The van der Waals surface area contributed by atoms with Crippen molar-refractivity contribution in [2.45, 2.75) is 13.0 Å². The SMILES string of the molecule is COCC1(C(=O)O)CCN(Cc2cc(-c3cccs3)on2)C1. The van der Waals surface area contributed by atoms with Crippen molar-refractivity contribution in [2.24, 2.45) is 5.41 Å². The van der Waals surface area contributed by atoms with Crippen molar-refractivity contribution in [2.75, 3.05) is 26.8 Å². The number of hydrogen-bond donors (Lipinski definition) is 1. The molecule has 6 nitrogen and oxygen atoms in total. The van der Waals surface area contributed by atoms with E-state index in [1.54, 1.807) is 11.3 Å². The van der Waals surface area contributed by atoms with Crippen LogP contribution < -0.4 is 0 Å².